The van der Waals surface area contributed by atoms with Gasteiger partial charge in [0.15, 0.2) is 0 Å². The second kappa shape index (κ2) is 8.57. The van der Waals surface area contributed by atoms with Crippen molar-refractivity contribution in [2.45, 2.75) is 58.0 Å². The normalized spacial score (nSPS) is 21.9. The Bertz CT molecular complexity index is 812. The van der Waals surface area contributed by atoms with Gasteiger partial charge in [0.05, 0.1) is 25.5 Å². The number of carbonyl (C=O) groups is 1. The molecule has 1 aliphatic carbocycles. The third-order valence-electron chi connectivity index (χ3n) is 6.09. The molecule has 0 spiro atoms. The first kappa shape index (κ1) is 20.0. The number of benzene rings is 1. The van der Waals surface area contributed by atoms with Crippen LogP contribution in [0.2, 0.25) is 0 Å². The Balaban J connectivity index is 1.68. The van der Waals surface area contributed by atoms with Crippen LogP contribution in [-0.2, 0) is 16.0 Å². The molecule has 2 fully saturated rings. The number of ether oxygens (including phenoxy) is 2. The summed E-state index contributed by atoms with van der Waals surface area (Å²) in [6, 6.07) is 4.72. The minimum Gasteiger partial charge on any atom is -0.493 e. The molecule has 2 aliphatic heterocycles. The van der Waals surface area contributed by atoms with Gasteiger partial charge in [-0.1, -0.05) is 0 Å². The van der Waals surface area contributed by atoms with Crippen molar-refractivity contribution in [3.63, 3.8) is 0 Å². The van der Waals surface area contributed by atoms with E-state index in [1.807, 2.05) is 23.2 Å². The standard InChI is InChI=1S/C23H31N3O3/c1-15-3-6-21-22(26(15)16(2)27)8-7-20(18(11-24)12-25-19-4-5-19)23(21)29-10-9-17-13-28-14-17/h7-8,11-12,15,17,19,24-25H,3-6,9-10,13-14H2,1-2H3/b18-12+,24-11?/t15-/m0/s1. The molecule has 3 aliphatic rings. The van der Waals surface area contributed by atoms with Crippen molar-refractivity contribution < 1.29 is 14.3 Å². The summed E-state index contributed by atoms with van der Waals surface area (Å²) in [4.78, 5) is 14.2. The van der Waals surface area contributed by atoms with Crippen LogP contribution < -0.4 is 15.0 Å². The summed E-state index contributed by atoms with van der Waals surface area (Å²) in [6.45, 7) is 5.97. The lowest BCUT2D eigenvalue weighted by Gasteiger charge is -2.36. The molecule has 6 nitrogen and oxygen atoms in total. The molecule has 1 atom stereocenters. The van der Waals surface area contributed by atoms with Gasteiger partial charge in [-0.15, -0.1) is 0 Å². The number of fused-ring (bicyclic) bond motifs is 1. The molecular weight excluding hydrogens is 366 g/mol. The number of hydrogen-bond acceptors (Lipinski definition) is 5. The van der Waals surface area contributed by atoms with Gasteiger partial charge < -0.3 is 25.1 Å². The highest BCUT2D eigenvalue weighted by atomic mass is 16.5. The van der Waals surface area contributed by atoms with E-state index in [9.17, 15) is 4.79 Å². The zero-order valence-corrected chi connectivity index (χ0v) is 17.4. The third-order valence-corrected chi connectivity index (χ3v) is 6.09. The molecule has 2 N–H and O–H groups in total. The van der Waals surface area contributed by atoms with E-state index in [2.05, 4.69) is 12.2 Å². The molecule has 1 aromatic carbocycles. The summed E-state index contributed by atoms with van der Waals surface area (Å²) in [5.41, 5.74) is 3.77. The lowest BCUT2D eigenvalue weighted by Crippen LogP contribution is -2.41. The molecule has 1 saturated carbocycles. The van der Waals surface area contributed by atoms with Crippen LogP contribution in [0.5, 0.6) is 5.75 Å². The van der Waals surface area contributed by atoms with Gasteiger partial charge in [-0.25, -0.2) is 0 Å². The van der Waals surface area contributed by atoms with E-state index in [0.29, 0.717) is 18.6 Å². The van der Waals surface area contributed by atoms with Gasteiger partial charge in [0.1, 0.15) is 5.75 Å². The molecule has 29 heavy (non-hydrogen) atoms. The van der Waals surface area contributed by atoms with E-state index >= 15 is 0 Å². The fourth-order valence-electron chi connectivity index (χ4n) is 4.11. The summed E-state index contributed by atoms with van der Waals surface area (Å²) >= 11 is 0. The van der Waals surface area contributed by atoms with Crippen LogP contribution in [0.25, 0.3) is 5.57 Å². The van der Waals surface area contributed by atoms with E-state index in [4.69, 9.17) is 14.9 Å². The van der Waals surface area contributed by atoms with Gasteiger partial charge in [0.25, 0.3) is 0 Å². The fourth-order valence-corrected chi connectivity index (χ4v) is 4.11. The van der Waals surface area contributed by atoms with Crippen LogP contribution in [0.1, 0.15) is 50.7 Å². The monoisotopic (exact) mass is 397 g/mol. The Kier molecular flexibility index (Phi) is 5.90. The number of anilines is 1. The van der Waals surface area contributed by atoms with Gasteiger partial charge in [-0.3, -0.25) is 4.79 Å². The molecule has 1 aromatic rings. The molecule has 6 heteroatoms. The third kappa shape index (κ3) is 4.32. The largest absolute Gasteiger partial charge is 0.493 e. The summed E-state index contributed by atoms with van der Waals surface area (Å²) in [7, 11) is 0. The van der Waals surface area contributed by atoms with Gasteiger partial charge in [-0.2, -0.15) is 0 Å². The Labute approximate surface area is 172 Å². The first-order chi connectivity index (χ1) is 14.1. The molecule has 0 aromatic heterocycles. The number of allylic oxidation sites excluding steroid dienone is 1. The quantitative estimate of drug-likeness (QED) is 0.658. The van der Waals surface area contributed by atoms with E-state index in [0.717, 1.165) is 60.6 Å². The van der Waals surface area contributed by atoms with Crippen molar-refractivity contribution in [1.82, 2.24) is 5.32 Å². The SMILES string of the molecule is CC(=O)N1c2ccc(/C(C=N)=C/NC3CC3)c(OCCC3COC3)c2CC[C@@H]1C. The lowest BCUT2D eigenvalue weighted by molar-refractivity contribution is -0.117. The lowest BCUT2D eigenvalue weighted by atomic mass is 9.91. The Hall–Kier alpha value is -2.34. The predicted octanol–water partition coefficient (Wildman–Crippen LogP) is 3.53. The maximum Gasteiger partial charge on any atom is 0.224 e. The number of amides is 1. The van der Waals surface area contributed by atoms with Gasteiger partial charge in [-0.05, 0) is 51.2 Å². The highest BCUT2D eigenvalue weighted by Crippen LogP contribution is 2.41. The van der Waals surface area contributed by atoms with Crippen molar-refractivity contribution in [2.24, 2.45) is 5.92 Å². The van der Waals surface area contributed by atoms with Crippen molar-refractivity contribution in [3.05, 3.63) is 29.5 Å². The Morgan fingerprint density at radius 3 is 2.76 bits per heavy atom. The van der Waals surface area contributed by atoms with Crippen molar-refractivity contribution in [3.8, 4) is 5.75 Å². The average Bonchev–Trinajstić information content (AvgIpc) is 3.48. The zero-order chi connectivity index (χ0) is 20.4. The van der Waals surface area contributed by atoms with E-state index in [1.54, 1.807) is 6.92 Å². The molecule has 2 heterocycles. The Morgan fingerprint density at radius 1 is 1.34 bits per heavy atom. The highest BCUT2D eigenvalue weighted by Gasteiger charge is 2.30. The summed E-state index contributed by atoms with van der Waals surface area (Å²) < 4.78 is 11.6. The smallest absolute Gasteiger partial charge is 0.224 e. The van der Waals surface area contributed by atoms with Crippen LogP contribution in [0.15, 0.2) is 18.3 Å². The first-order valence-corrected chi connectivity index (χ1v) is 10.7. The van der Waals surface area contributed by atoms with Crippen LogP contribution in [0.4, 0.5) is 5.69 Å². The number of carbonyl (C=O) groups excluding carboxylic acids is 1. The van der Waals surface area contributed by atoms with Crippen LogP contribution in [0.3, 0.4) is 0 Å². The Morgan fingerprint density at radius 2 is 2.14 bits per heavy atom. The van der Waals surface area contributed by atoms with Crippen LogP contribution >= 0.6 is 0 Å². The minimum atomic E-state index is 0.0574. The van der Waals surface area contributed by atoms with E-state index in [1.165, 1.54) is 19.1 Å². The summed E-state index contributed by atoms with van der Waals surface area (Å²) in [6.07, 6.45) is 8.43. The van der Waals surface area contributed by atoms with Gasteiger partial charge in [0.2, 0.25) is 5.91 Å². The zero-order valence-electron chi connectivity index (χ0n) is 17.4. The molecule has 156 valence electrons. The van der Waals surface area contributed by atoms with Gasteiger partial charge in [0, 0.05) is 54.0 Å². The highest BCUT2D eigenvalue weighted by molar-refractivity contribution is 6.10. The van der Waals surface area contributed by atoms with Crippen molar-refractivity contribution >= 4 is 23.4 Å². The second-order valence-corrected chi connectivity index (χ2v) is 8.44. The summed E-state index contributed by atoms with van der Waals surface area (Å²) in [5, 5.41) is 11.3. The number of nitrogens with zero attached hydrogens (tertiary/aromatic N) is 1. The number of nitrogens with one attached hydrogen (secondary N) is 2. The van der Waals surface area contributed by atoms with Crippen LogP contribution in [0, 0.1) is 11.3 Å². The van der Waals surface area contributed by atoms with E-state index < -0.39 is 0 Å². The molecule has 0 radical (unpaired) electrons. The van der Waals surface area contributed by atoms with Crippen molar-refractivity contribution in [2.75, 3.05) is 24.7 Å². The molecule has 1 saturated heterocycles. The van der Waals surface area contributed by atoms with Gasteiger partial charge >= 0.3 is 0 Å². The molecular formula is C23H31N3O3. The first-order valence-electron chi connectivity index (χ1n) is 10.7. The molecule has 1 amide bonds. The summed E-state index contributed by atoms with van der Waals surface area (Å²) in [5.74, 6) is 1.45. The average molecular weight is 398 g/mol. The van der Waals surface area contributed by atoms with Crippen molar-refractivity contribution in [1.29, 1.82) is 5.41 Å². The maximum absolute atomic E-state index is 12.3. The van der Waals surface area contributed by atoms with E-state index in [-0.39, 0.29) is 11.9 Å². The predicted molar refractivity (Wildman–Crippen MR) is 115 cm³/mol. The molecule has 4 rings (SSSR count). The fraction of sp³-hybridized carbons (Fsp3) is 0.565. The number of rotatable bonds is 8. The topological polar surface area (TPSA) is 74.7 Å². The van der Waals surface area contributed by atoms with Crippen LogP contribution in [-0.4, -0.2) is 44.0 Å². The number of hydrogen-bond donors (Lipinski definition) is 2. The maximum atomic E-state index is 12.3. The molecule has 0 bridgehead atoms. The molecule has 0 unspecified atom stereocenters. The minimum absolute atomic E-state index is 0.0574. The second-order valence-electron chi connectivity index (χ2n) is 8.44.